The Labute approximate surface area is 121 Å². The van der Waals surface area contributed by atoms with Gasteiger partial charge in [0, 0.05) is 19.2 Å². The number of hydrogen-bond acceptors (Lipinski definition) is 3. The number of unbranched alkanes of at least 4 members (excludes halogenated alkanes) is 1. The first kappa shape index (κ1) is 15.5. The lowest BCUT2D eigenvalue weighted by molar-refractivity contribution is 0.299. The Bertz CT molecular complexity index is 521. The van der Waals surface area contributed by atoms with Crippen molar-refractivity contribution in [3.8, 4) is 0 Å². The minimum absolute atomic E-state index is 0.0802. The topological polar surface area (TPSA) is 57.6 Å². The van der Waals surface area contributed by atoms with Gasteiger partial charge in [0.2, 0.25) is 10.0 Å². The summed E-state index contributed by atoms with van der Waals surface area (Å²) in [5.41, 5.74) is 0.956. The molecule has 1 aromatic rings. The van der Waals surface area contributed by atoms with E-state index in [1.54, 1.807) is 28.6 Å². The van der Waals surface area contributed by atoms with Crippen molar-refractivity contribution in [1.82, 2.24) is 4.31 Å². The molecule has 1 aliphatic carbocycles. The van der Waals surface area contributed by atoms with Gasteiger partial charge >= 0.3 is 0 Å². The predicted octanol–water partition coefficient (Wildman–Crippen LogP) is 2.17. The third-order valence-corrected chi connectivity index (χ3v) is 5.58. The first-order valence-corrected chi connectivity index (χ1v) is 8.75. The molecule has 1 aliphatic rings. The maximum atomic E-state index is 12.7. The molecule has 2 rings (SSSR count). The van der Waals surface area contributed by atoms with Gasteiger partial charge < -0.3 is 5.11 Å². The summed E-state index contributed by atoms with van der Waals surface area (Å²) in [6, 6.07) is 7.08. The Kier molecular flexibility index (Phi) is 5.18. The van der Waals surface area contributed by atoms with Crippen LogP contribution in [0.4, 0.5) is 0 Å². The summed E-state index contributed by atoms with van der Waals surface area (Å²) in [7, 11) is -3.37. The van der Waals surface area contributed by atoms with Crippen LogP contribution in [0.2, 0.25) is 0 Å². The normalized spacial score (nSPS) is 15.8. The van der Waals surface area contributed by atoms with Crippen LogP contribution >= 0.6 is 0 Å². The lowest BCUT2D eigenvalue weighted by Gasteiger charge is -2.21. The van der Waals surface area contributed by atoms with E-state index in [1.807, 2.05) is 0 Å². The van der Waals surface area contributed by atoms with Crippen LogP contribution in [0.1, 0.15) is 38.2 Å². The smallest absolute Gasteiger partial charge is 0.243 e. The van der Waals surface area contributed by atoms with Crippen LogP contribution in [0.25, 0.3) is 0 Å². The van der Waals surface area contributed by atoms with Crippen LogP contribution in [0.5, 0.6) is 0 Å². The molecular formula is C15H23NO3S. The van der Waals surface area contributed by atoms with Crippen molar-refractivity contribution in [2.24, 2.45) is 0 Å². The van der Waals surface area contributed by atoms with Crippen LogP contribution in [0, 0.1) is 0 Å². The molecule has 1 N–H and O–H groups in total. The van der Waals surface area contributed by atoms with Crippen molar-refractivity contribution in [3.05, 3.63) is 29.8 Å². The highest BCUT2D eigenvalue weighted by atomic mass is 32.2. The lowest BCUT2D eigenvalue weighted by atomic mass is 10.2. The highest BCUT2D eigenvalue weighted by Crippen LogP contribution is 2.32. The molecule has 0 bridgehead atoms. The number of hydrogen-bond donors (Lipinski definition) is 1. The van der Waals surface area contributed by atoms with Gasteiger partial charge in [0.15, 0.2) is 0 Å². The third kappa shape index (κ3) is 3.59. The second-order valence-corrected chi connectivity index (χ2v) is 7.21. The summed E-state index contributed by atoms with van der Waals surface area (Å²) < 4.78 is 27.0. The quantitative estimate of drug-likeness (QED) is 0.800. The van der Waals surface area contributed by atoms with E-state index in [9.17, 15) is 8.42 Å². The molecule has 4 nitrogen and oxygen atoms in total. The molecule has 0 spiro atoms. The van der Waals surface area contributed by atoms with Crippen molar-refractivity contribution in [3.63, 3.8) is 0 Å². The summed E-state index contributed by atoms with van der Waals surface area (Å²) in [5.74, 6) is 0. The Morgan fingerprint density at radius 3 is 2.40 bits per heavy atom. The largest absolute Gasteiger partial charge is 0.396 e. The monoisotopic (exact) mass is 297 g/mol. The minimum atomic E-state index is -3.37. The fourth-order valence-electron chi connectivity index (χ4n) is 2.27. The number of benzene rings is 1. The van der Waals surface area contributed by atoms with Gasteiger partial charge in [0.1, 0.15) is 0 Å². The average Bonchev–Trinajstić information content (AvgIpc) is 3.24. The highest BCUT2D eigenvalue weighted by Gasteiger charge is 2.37. The van der Waals surface area contributed by atoms with Crippen LogP contribution in [-0.2, 0) is 16.4 Å². The molecular weight excluding hydrogens is 274 g/mol. The molecule has 0 saturated heterocycles. The molecule has 1 aromatic carbocycles. The van der Waals surface area contributed by atoms with Crippen molar-refractivity contribution in [2.45, 2.75) is 50.0 Å². The van der Waals surface area contributed by atoms with E-state index in [-0.39, 0.29) is 12.6 Å². The predicted molar refractivity (Wildman–Crippen MR) is 79.1 cm³/mol. The molecule has 0 aliphatic heterocycles. The zero-order valence-electron chi connectivity index (χ0n) is 12.0. The number of aliphatic hydroxyl groups is 1. The zero-order valence-corrected chi connectivity index (χ0v) is 12.8. The van der Waals surface area contributed by atoms with E-state index in [0.29, 0.717) is 17.9 Å². The summed E-state index contributed by atoms with van der Waals surface area (Å²) in [5, 5.41) is 8.89. The molecule has 0 heterocycles. The van der Waals surface area contributed by atoms with Gasteiger partial charge in [-0.15, -0.1) is 0 Å². The molecule has 112 valence electrons. The third-order valence-electron chi connectivity index (χ3n) is 3.62. The van der Waals surface area contributed by atoms with E-state index in [0.717, 1.165) is 31.2 Å². The van der Waals surface area contributed by atoms with E-state index in [4.69, 9.17) is 5.11 Å². The molecule has 0 aromatic heterocycles. The van der Waals surface area contributed by atoms with Gasteiger partial charge in [-0.3, -0.25) is 0 Å². The van der Waals surface area contributed by atoms with E-state index >= 15 is 0 Å². The van der Waals surface area contributed by atoms with Crippen LogP contribution < -0.4 is 0 Å². The Balaban J connectivity index is 2.18. The van der Waals surface area contributed by atoms with Crippen molar-refractivity contribution in [2.75, 3.05) is 13.2 Å². The highest BCUT2D eigenvalue weighted by molar-refractivity contribution is 7.89. The van der Waals surface area contributed by atoms with Crippen LogP contribution in [-0.4, -0.2) is 37.0 Å². The first-order valence-electron chi connectivity index (χ1n) is 7.31. The molecule has 0 unspecified atom stereocenters. The summed E-state index contributed by atoms with van der Waals surface area (Å²) in [6.45, 7) is 2.76. The molecule has 0 atom stereocenters. The minimum Gasteiger partial charge on any atom is -0.396 e. The molecule has 1 saturated carbocycles. The fraction of sp³-hybridized carbons (Fsp3) is 0.600. The summed E-state index contributed by atoms with van der Waals surface area (Å²) >= 11 is 0. The molecule has 0 radical (unpaired) electrons. The average molecular weight is 297 g/mol. The van der Waals surface area contributed by atoms with E-state index < -0.39 is 10.0 Å². The van der Waals surface area contributed by atoms with Crippen molar-refractivity contribution in [1.29, 1.82) is 0 Å². The van der Waals surface area contributed by atoms with Gasteiger partial charge in [-0.05, 0) is 43.4 Å². The summed E-state index contributed by atoms with van der Waals surface area (Å²) in [6.07, 6.45) is 4.41. The standard InChI is InChI=1S/C15H23NO3S/c1-2-3-11-16(14-6-7-14)20(18,19)15-8-4-13(5-9-15)10-12-17/h4-5,8-9,14,17H,2-3,6-7,10-12H2,1H3. The second-order valence-electron chi connectivity index (χ2n) is 5.32. The fourth-order valence-corrected chi connectivity index (χ4v) is 3.99. The molecule has 5 heteroatoms. The van der Waals surface area contributed by atoms with Gasteiger partial charge in [-0.2, -0.15) is 4.31 Å². The summed E-state index contributed by atoms with van der Waals surface area (Å²) in [4.78, 5) is 0.363. The number of aliphatic hydroxyl groups excluding tert-OH is 1. The maximum Gasteiger partial charge on any atom is 0.243 e. The molecule has 1 fully saturated rings. The molecule has 0 amide bonds. The van der Waals surface area contributed by atoms with E-state index in [2.05, 4.69) is 6.92 Å². The zero-order chi connectivity index (χ0) is 14.6. The van der Waals surface area contributed by atoms with Crippen molar-refractivity contribution < 1.29 is 13.5 Å². The SMILES string of the molecule is CCCCN(C1CC1)S(=O)(=O)c1ccc(CCO)cc1. The number of rotatable bonds is 8. The Morgan fingerprint density at radius 2 is 1.90 bits per heavy atom. The van der Waals surface area contributed by atoms with Gasteiger partial charge in [0.25, 0.3) is 0 Å². The maximum absolute atomic E-state index is 12.7. The van der Waals surface area contributed by atoms with Gasteiger partial charge in [-0.25, -0.2) is 8.42 Å². The number of sulfonamides is 1. The van der Waals surface area contributed by atoms with E-state index in [1.165, 1.54) is 0 Å². The Morgan fingerprint density at radius 1 is 1.25 bits per heavy atom. The van der Waals surface area contributed by atoms with Crippen molar-refractivity contribution >= 4 is 10.0 Å². The molecule has 20 heavy (non-hydrogen) atoms. The van der Waals surface area contributed by atoms with Crippen LogP contribution in [0.3, 0.4) is 0 Å². The second kappa shape index (κ2) is 6.70. The Hall–Kier alpha value is -0.910. The first-order chi connectivity index (χ1) is 9.59. The number of nitrogens with zero attached hydrogens (tertiary/aromatic N) is 1. The van der Waals surface area contributed by atoms with Gasteiger partial charge in [0.05, 0.1) is 4.90 Å². The lowest BCUT2D eigenvalue weighted by Crippen LogP contribution is -2.34. The van der Waals surface area contributed by atoms with Gasteiger partial charge in [-0.1, -0.05) is 25.5 Å². The van der Waals surface area contributed by atoms with Crippen LogP contribution in [0.15, 0.2) is 29.2 Å².